The summed E-state index contributed by atoms with van der Waals surface area (Å²) in [5, 5.41) is 3.14. The first-order valence-electron chi connectivity index (χ1n) is 5.88. The lowest BCUT2D eigenvalue weighted by Crippen LogP contribution is -2.54. The third-order valence-corrected chi connectivity index (χ3v) is 4.87. The van der Waals surface area contributed by atoms with Gasteiger partial charge in [-0.15, -0.1) is 0 Å². The van der Waals surface area contributed by atoms with Crippen LogP contribution in [0.15, 0.2) is 0 Å². The van der Waals surface area contributed by atoms with Crippen LogP contribution in [-0.4, -0.2) is 70.0 Å². The van der Waals surface area contributed by atoms with E-state index in [0.29, 0.717) is 19.6 Å². The first-order valence-corrected chi connectivity index (χ1v) is 7.32. The van der Waals surface area contributed by atoms with Crippen molar-refractivity contribution in [3.63, 3.8) is 0 Å². The molecule has 0 aromatic rings. The van der Waals surface area contributed by atoms with Gasteiger partial charge in [0.1, 0.15) is 0 Å². The van der Waals surface area contributed by atoms with Gasteiger partial charge < -0.3 is 10.2 Å². The quantitative estimate of drug-likeness (QED) is 0.673. The molecule has 0 amide bonds. The van der Waals surface area contributed by atoms with Gasteiger partial charge in [0.05, 0.1) is 0 Å². The highest BCUT2D eigenvalue weighted by atomic mass is 32.2. The van der Waals surface area contributed by atoms with Gasteiger partial charge in [0.15, 0.2) is 0 Å². The topological polar surface area (TPSA) is 64.7 Å². The monoisotopic (exact) mass is 264 g/mol. The van der Waals surface area contributed by atoms with E-state index in [0.717, 1.165) is 13.1 Å². The molecule has 6 nitrogen and oxygen atoms in total. The van der Waals surface area contributed by atoms with Gasteiger partial charge >= 0.3 is 0 Å². The summed E-state index contributed by atoms with van der Waals surface area (Å²) in [6.45, 7) is 6.94. The lowest BCUT2D eigenvalue weighted by molar-refractivity contribution is 0.197. The van der Waals surface area contributed by atoms with Crippen LogP contribution in [-0.2, 0) is 10.2 Å². The number of rotatable bonds is 5. The van der Waals surface area contributed by atoms with E-state index in [1.807, 2.05) is 32.8 Å². The van der Waals surface area contributed by atoms with Crippen LogP contribution >= 0.6 is 0 Å². The molecule has 1 aliphatic rings. The van der Waals surface area contributed by atoms with Gasteiger partial charge in [-0.25, -0.2) is 4.72 Å². The molecule has 2 N–H and O–H groups in total. The minimum atomic E-state index is -3.33. The summed E-state index contributed by atoms with van der Waals surface area (Å²) in [5.74, 6) is 0. The van der Waals surface area contributed by atoms with Crippen LogP contribution in [0.25, 0.3) is 0 Å². The van der Waals surface area contributed by atoms with Crippen molar-refractivity contribution in [2.24, 2.45) is 0 Å². The smallest absolute Gasteiger partial charge is 0.279 e. The molecule has 1 heterocycles. The predicted molar refractivity (Wildman–Crippen MR) is 69.1 cm³/mol. The van der Waals surface area contributed by atoms with E-state index in [1.165, 1.54) is 4.31 Å². The first kappa shape index (κ1) is 14.8. The maximum atomic E-state index is 12.0. The van der Waals surface area contributed by atoms with Crippen molar-refractivity contribution in [1.82, 2.24) is 19.2 Å². The fourth-order valence-electron chi connectivity index (χ4n) is 1.40. The van der Waals surface area contributed by atoms with Gasteiger partial charge in [0, 0.05) is 38.3 Å². The molecule has 1 aliphatic heterocycles. The van der Waals surface area contributed by atoms with E-state index in [1.54, 1.807) is 0 Å². The van der Waals surface area contributed by atoms with Gasteiger partial charge in [-0.2, -0.15) is 12.7 Å². The Balaban J connectivity index is 2.55. The molecule has 0 aliphatic carbocycles. The van der Waals surface area contributed by atoms with Crippen LogP contribution in [0.5, 0.6) is 0 Å². The first-order chi connectivity index (χ1) is 7.76. The van der Waals surface area contributed by atoms with Crippen LogP contribution in [0.3, 0.4) is 0 Å². The average Bonchev–Trinajstić information content (AvgIpc) is 2.28. The molecule has 1 saturated heterocycles. The van der Waals surface area contributed by atoms with Crippen LogP contribution < -0.4 is 10.0 Å². The van der Waals surface area contributed by atoms with Crippen molar-refractivity contribution >= 4 is 10.2 Å². The molecule has 102 valence electrons. The predicted octanol–water partition coefficient (Wildman–Crippen LogP) is -0.934. The lowest BCUT2D eigenvalue weighted by Gasteiger charge is -2.34. The van der Waals surface area contributed by atoms with Gasteiger partial charge in [0.25, 0.3) is 10.2 Å². The highest BCUT2D eigenvalue weighted by molar-refractivity contribution is 7.87. The van der Waals surface area contributed by atoms with Gasteiger partial charge in [-0.05, 0) is 27.9 Å². The maximum Gasteiger partial charge on any atom is 0.279 e. The number of nitrogens with zero attached hydrogens (tertiary/aromatic N) is 2. The molecule has 17 heavy (non-hydrogen) atoms. The molecule has 1 rings (SSSR count). The van der Waals surface area contributed by atoms with Crippen molar-refractivity contribution in [3.05, 3.63) is 0 Å². The Labute approximate surface area is 105 Å². The third kappa shape index (κ3) is 4.18. The van der Waals surface area contributed by atoms with Gasteiger partial charge in [-0.3, -0.25) is 0 Å². The standard InChI is InChI=1S/C10H24N4O2S/c1-10(2,13(3)4)9-12-17(15,16)14-7-5-11-6-8-14/h11-12H,5-9H2,1-4H3. The van der Waals surface area contributed by atoms with Crippen LogP contribution in [0.4, 0.5) is 0 Å². The second kappa shape index (κ2) is 5.62. The Morgan fingerprint density at radius 3 is 2.29 bits per heavy atom. The zero-order chi connectivity index (χ0) is 13.1. The molecule has 0 unspecified atom stereocenters. The Morgan fingerprint density at radius 2 is 1.82 bits per heavy atom. The largest absolute Gasteiger partial charge is 0.314 e. The molecule has 0 aromatic heterocycles. The number of piperazine rings is 1. The van der Waals surface area contributed by atoms with E-state index < -0.39 is 10.2 Å². The van der Waals surface area contributed by atoms with Gasteiger partial charge in [0.2, 0.25) is 0 Å². The molecule has 0 bridgehead atoms. The molecule has 0 radical (unpaired) electrons. The number of nitrogens with one attached hydrogen (secondary N) is 2. The Morgan fingerprint density at radius 1 is 1.29 bits per heavy atom. The van der Waals surface area contributed by atoms with E-state index in [4.69, 9.17) is 0 Å². The molecule has 0 saturated carbocycles. The van der Waals surface area contributed by atoms with E-state index in [-0.39, 0.29) is 5.54 Å². The van der Waals surface area contributed by atoms with E-state index in [9.17, 15) is 8.42 Å². The van der Waals surface area contributed by atoms with E-state index >= 15 is 0 Å². The molecule has 1 fully saturated rings. The Kier molecular flexibility index (Phi) is 4.91. The summed E-state index contributed by atoms with van der Waals surface area (Å²) >= 11 is 0. The van der Waals surface area contributed by atoms with Crippen molar-refractivity contribution in [1.29, 1.82) is 0 Å². The highest BCUT2D eigenvalue weighted by Crippen LogP contribution is 2.09. The number of hydrogen-bond donors (Lipinski definition) is 2. The summed E-state index contributed by atoms with van der Waals surface area (Å²) in [5.41, 5.74) is -0.193. The van der Waals surface area contributed by atoms with Gasteiger partial charge in [-0.1, -0.05) is 0 Å². The van der Waals surface area contributed by atoms with Crippen LogP contribution in [0.2, 0.25) is 0 Å². The summed E-state index contributed by atoms with van der Waals surface area (Å²) in [6, 6.07) is 0. The zero-order valence-electron chi connectivity index (χ0n) is 11.2. The molecule has 0 spiro atoms. The number of hydrogen-bond acceptors (Lipinski definition) is 4. The second-order valence-corrected chi connectivity index (χ2v) is 6.94. The zero-order valence-corrected chi connectivity index (χ0v) is 12.0. The minimum absolute atomic E-state index is 0.193. The van der Waals surface area contributed by atoms with Crippen LogP contribution in [0, 0.1) is 0 Å². The SMILES string of the molecule is CN(C)C(C)(C)CNS(=O)(=O)N1CCNCC1. The maximum absolute atomic E-state index is 12.0. The summed E-state index contributed by atoms with van der Waals surface area (Å²) < 4.78 is 28.2. The Bertz CT molecular complexity index is 334. The summed E-state index contributed by atoms with van der Waals surface area (Å²) in [4.78, 5) is 2.01. The van der Waals surface area contributed by atoms with Crippen molar-refractivity contribution < 1.29 is 8.42 Å². The van der Waals surface area contributed by atoms with Crippen molar-refractivity contribution in [3.8, 4) is 0 Å². The van der Waals surface area contributed by atoms with Crippen molar-refractivity contribution in [2.45, 2.75) is 19.4 Å². The Hall–Kier alpha value is -0.210. The minimum Gasteiger partial charge on any atom is -0.314 e. The fraction of sp³-hybridized carbons (Fsp3) is 1.00. The lowest BCUT2D eigenvalue weighted by atomic mass is 10.1. The molecular formula is C10H24N4O2S. The number of likely N-dealkylation sites (N-methyl/N-ethyl adjacent to an activating group) is 1. The van der Waals surface area contributed by atoms with Crippen LogP contribution in [0.1, 0.15) is 13.8 Å². The van der Waals surface area contributed by atoms with Crippen molar-refractivity contribution in [2.75, 3.05) is 46.8 Å². The average molecular weight is 264 g/mol. The third-order valence-electron chi connectivity index (χ3n) is 3.31. The molecule has 0 atom stereocenters. The highest BCUT2D eigenvalue weighted by Gasteiger charge is 2.27. The van der Waals surface area contributed by atoms with E-state index in [2.05, 4.69) is 10.0 Å². The second-order valence-electron chi connectivity index (χ2n) is 5.18. The summed E-state index contributed by atoms with van der Waals surface area (Å²) in [7, 11) is 0.554. The summed E-state index contributed by atoms with van der Waals surface area (Å²) in [6.07, 6.45) is 0. The molecular weight excluding hydrogens is 240 g/mol. The normalized spacial score (nSPS) is 19.8. The molecule has 7 heteroatoms. The fourth-order valence-corrected chi connectivity index (χ4v) is 2.78. The molecule has 0 aromatic carbocycles.